The predicted octanol–water partition coefficient (Wildman–Crippen LogP) is 2.58. The minimum atomic E-state index is 0.701. The quantitative estimate of drug-likeness (QED) is 0.597. The molecule has 0 aliphatic heterocycles. The second kappa shape index (κ2) is 4.57. The van der Waals surface area contributed by atoms with Crippen LogP contribution in [0.4, 0.5) is 5.82 Å². The Labute approximate surface area is 96.3 Å². The molecule has 0 aliphatic rings. The van der Waals surface area contributed by atoms with Crippen LogP contribution < -0.4 is 10.9 Å². The summed E-state index contributed by atoms with van der Waals surface area (Å²) in [5.41, 5.74) is 10.6. The van der Waals surface area contributed by atoms with Crippen molar-refractivity contribution in [2.24, 2.45) is 0 Å². The van der Waals surface area contributed by atoms with Crippen molar-refractivity contribution in [3.05, 3.63) is 22.4 Å². The molecule has 1 aromatic heterocycles. The van der Waals surface area contributed by atoms with Crippen LogP contribution in [0.3, 0.4) is 0 Å². The summed E-state index contributed by atoms with van der Waals surface area (Å²) in [7, 11) is 0. The molecule has 0 unspecified atom stereocenters. The molecule has 0 amide bonds. The SMILES string of the molecule is CC(=S)NNc1nc(C)c(C)c(C)c1C. The van der Waals surface area contributed by atoms with Crippen LogP contribution in [0, 0.1) is 27.7 Å². The van der Waals surface area contributed by atoms with Crippen molar-refractivity contribution in [2.45, 2.75) is 34.6 Å². The molecule has 0 spiro atoms. The lowest BCUT2D eigenvalue weighted by Crippen LogP contribution is -2.26. The fourth-order valence-corrected chi connectivity index (χ4v) is 1.39. The Morgan fingerprint density at radius 1 is 1.07 bits per heavy atom. The monoisotopic (exact) mass is 223 g/mol. The molecular formula is C11H17N3S. The van der Waals surface area contributed by atoms with E-state index in [0.717, 1.165) is 17.1 Å². The van der Waals surface area contributed by atoms with Gasteiger partial charge in [-0.25, -0.2) is 4.98 Å². The first kappa shape index (κ1) is 11.9. The summed E-state index contributed by atoms with van der Waals surface area (Å²) < 4.78 is 0. The summed E-state index contributed by atoms with van der Waals surface area (Å²) >= 11 is 4.93. The molecule has 0 atom stereocenters. The second-order valence-corrected chi connectivity index (χ2v) is 4.34. The van der Waals surface area contributed by atoms with E-state index in [2.05, 4.69) is 36.6 Å². The largest absolute Gasteiger partial charge is 0.293 e. The Hall–Kier alpha value is -1.16. The number of hydrazine groups is 1. The molecule has 2 N–H and O–H groups in total. The highest BCUT2D eigenvalue weighted by Gasteiger charge is 2.07. The molecule has 4 heteroatoms. The molecule has 0 fully saturated rings. The molecule has 0 aliphatic carbocycles. The van der Waals surface area contributed by atoms with Crippen LogP contribution >= 0.6 is 12.2 Å². The lowest BCUT2D eigenvalue weighted by molar-refractivity contribution is 1.03. The fourth-order valence-electron chi connectivity index (χ4n) is 1.33. The van der Waals surface area contributed by atoms with Crippen molar-refractivity contribution in [1.29, 1.82) is 0 Å². The minimum absolute atomic E-state index is 0.701. The first-order chi connectivity index (χ1) is 6.93. The molecule has 0 saturated carbocycles. The van der Waals surface area contributed by atoms with E-state index >= 15 is 0 Å². The van der Waals surface area contributed by atoms with Crippen LogP contribution in [-0.2, 0) is 0 Å². The number of hydrogen-bond donors (Lipinski definition) is 2. The number of hydrogen-bond acceptors (Lipinski definition) is 3. The summed E-state index contributed by atoms with van der Waals surface area (Å²) in [5.74, 6) is 0.847. The van der Waals surface area contributed by atoms with Crippen molar-refractivity contribution < 1.29 is 0 Å². The highest BCUT2D eigenvalue weighted by atomic mass is 32.1. The third-order valence-corrected chi connectivity index (χ3v) is 2.76. The molecule has 3 nitrogen and oxygen atoms in total. The summed E-state index contributed by atoms with van der Waals surface area (Å²) in [4.78, 5) is 5.17. The number of pyridine rings is 1. The van der Waals surface area contributed by atoms with Gasteiger partial charge in [0.2, 0.25) is 0 Å². The van der Waals surface area contributed by atoms with Gasteiger partial charge in [-0.15, -0.1) is 0 Å². The molecule has 1 rings (SSSR count). The van der Waals surface area contributed by atoms with E-state index in [0.29, 0.717) is 4.99 Å². The van der Waals surface area contributed by atoms with Gasteiger partial charge in [0.1, 0.15) is 5.82 Å². The summed E-state index contributed by atoms with van der Waals surface area (Å²) in [6.07, 6.45) is 0. The topological polar surface area (TPSA) is 37.0 Å². The van der Waals surface area contributed by atoms with Crippen molar-refractivity contribution in [2.75, 3.05) is 5.43 Å². The van der Waals surface area contributed by atoms with E-state index < -0.39 is 0 Å². The van der Waals surface area contributed by atoms with Crippen molar-refractivity contribution in [3.63, 3.8) is 0 Å². The Balaban J connectivity index is 3.04. The average molecular weight is 223 g/mol. The van der Waals surface area contributed by atoms with Gasteiger partial charge in [0.05, 0.1) is 4.99 Å². The Morgan fingerprint density at radius 2 is 1.67 bits per heavy atom. The van der Waals surface area contributed by atoms with E-state index in [1.54, 1.807) is 0 Å². The molecule has 0 bridgehead atoms. The summed E-state index contributed by atoms with van der Waals surface area (Å²) in [5, 5.41) is 0. The zero-order valence-corrected chi connectivity index (χ0v) is 10.7. The van der Waals surface area contributed by atoms with Gasteiger partial charge in [-0.1, -0.05) is 12.2 Å². The maximum atomic E-state index is 4.93. The van der Waals surface area contributed by atoms with E-state index in [1.807, 2.05) is 13.8 Å². The third-order valence-electron chi connectivity index (χ3n) is 2.66. The van der Waals surface area contributed by atoms with Crippen LogP contribution in [0.5, 0.6) is 0 Å². The van der Waals surface area contributed by atoms with E-state index in [4.69, 9.17) is 12.2 Å². The lowest BCUT2D eigenvalue weighted by atomic mass is 10.0. The third kappa shape index (κ3) is 2.65. The first-order valence-electron chi connectivity index (χ1n) is 4.90. The molecule has 82 valence electrons. The summed E-state index contributed by atoms with van der Waals surface area (Å²) in [6, 6.07) is 0. The van der Waals surface area contributed by atoms with Crippen molar-refractivity contribution >= 4 is 23.0 Å². The maximum absolute atomic E-state index is 4.93. The lowest BCUT2D eigenvalue weighted by Gasteiger charge is -2.15. The van der Waals surface area contributed by atoms with E-state index in [-0.39, 0.29) is 0 Å². The number of aryl methyl sites for hydroxylation is 1. The van der Waals surface area contributed by atoms with Crippen LogP contribution in [0.15, 0.2) is 0 Å². The normalized spacial score (nSPS) is 9.93. The molecule has 15 heavy (non-hydrogen) atoms. The highest BCUT2D eigenvalue weighted by molar-refractivity contribution is 7.80. The molecule has 0 radical (unpaired) electrons. The van der Waals surface area contributed by atoms with Crippen LogP contribution in [0.25, 0.3) is 0 Å². The fraction of sp³-hybridized carbons (Fsp3) is 0.455. The van der Waals surface area contributed by atoms with Gasteiger partial charge in [0, 0.05) is 5.69 Å². The van der Waals surface area contributed by atoms with Gasteiger partial charge in [0.25, 0.3) is 0 Å². The smallest absolute Gasteiger partial charge is 0.147 e. The highest BCUT2D eigenvalue weighted by Crippen LogP contribution is 2.20. The van der Waals surface area contributed by atoms with Crippen LogP contribution in [-0.4, -0.2) is 9.97 Å². The number of nitrogens with zero attached hydrogens (tertiary/aromatic N) is 1. The molecule has 0 aromatic carbocycles. The van der Waals surface area contributed by atoms with E-state index in [9.17, 15) is 0 Å². The Bertz CT molecular complexity index is 399. The second-order valence-electron chi connectivity index (χ2n) is 3.73. The number of anilines is 1. The number of thiocarbonyl (C=S) groups is 1. The average Bonchev–Trinajstić information content (AvgIpc) is 2.18. The standard InChI is InChI=1S/C11H17N3S/c1-6-7(2)9(4)12-11(8(6)3)14-13-10(5)15/h1-5H3,(H,12,14)(H,13,15). The van der Waals surface area contributed by atoms with Gasteiger partial charge in [0.15, 0.2) is 0 Å². The minimum Gasteiger partial charge on any atom is -0.293 e. The van der Waals surface area contributed by atoms with Gasteiger partial charge in [-0.3, -0.25) is 10.9 Å². The molecule has 1 heterocycles. The zero-order chi connectivity index (χ0) is 11.6. The van der Waals surface area contributed by atoms with Gasteiger partial charge in [-0.2, -0.15) is 0 Å². The van der Waals surface area contributed by atoms with Crippen LogP contribution in [0.2, 0.25) is 0 Å². The number of aromatic nitrogens is 1. The van der Waals surface area contributed by atoms with Crippen molar-refractivity contribution in [3.8, 4) is 0 Å². The van der Waals surface area contributed by atoms with Gasteiger partial charge >= 0.3 is 0 Å². The van der Waals surface area contributed by atoms with E-state index in [1.165, 1.54) is 11.1 Å². The first-order valence-corrected chi connectivity index (χ1v) is 5.31. The Kier molecular flexibility index (Phi) is 3.63. The van der Waals surface area contributed by atoms with Crippen LogP contribution in [0.1, 0.15) is 29.3 Å². The predicted molar refractivity (Wildman–Crippen MR) is 68.2 cm³/mol. The van der Waals surface area contributed by atoms with Gasteiger partial charge < -0.3 is 0 Å². The maximum Gasteiger partial charge on any atom is 0.147 e. The summed E-state index contributed by atoms with van der Waals surface area (Å²) in [6.45, 7) is 10.1. The van der Waals surface area contributed by atoms with Crippen molar-refractivity contribution in [1.82, 2.24) is 10.4 Å². The molecule has 0 saturated heterocycles. The molecule has 1 aromatic rings. The number of nitrogens with one attached hydrogen (secondary N) is 2. The van der Waals surface area contributed by atoms with Gasteiger partial charge in [-0.05, 0) is 51.3 Å². The Morgan fingerprint density at radius 3 is 2.20 bits per heavy atom. The zero-order valence-electron chi connectivity index (χ0n) is 9.86. The molecular weight excluding hydrogens is 206 g/mol. The number of rotatable bonds is 2.